The standard InChI is InChI=1S/C40H60N6O9P/c1-3-4-5-6-7-8-9-10-11-12-13-14-15-19-23-51-24-20-25-52-40(49)30(2)46(55-32-21-17-16-18-22-32)56(50)53-28-33-35(47)36(48)39(54-33)45-27-31(26-41)34-37(42)43-29-44-38(34)45/h16-18,21-22,27,29-30,33,35-36,39,47-48H,3-15,19-20,23-25,28H2,1-2H3,(H2,42,43,44)/q+1/t30-,33?,35-,36-,39-/m1/s1. The van der Waals surface area contributed by atoms with Crippen LogP contribution in [-0.2, 0) is 28.1 Å². The summed E-state index contributed by atoms with van der Waals surface area (Å²) >= 11 is 0. The molecule has 1 saturated heterocycles. The van der Waals surface area contributed by atoms with Gasteiger partial charge in [-0.2, -0.15) is 5.26 Å². The van der Waals surface area contributed by atoms with Gasteiger partial charge in [0.2, 0.25) is 0 Å². The summed E-state index contributed by atoms with van der Waals surface area (Å²) in [6, 6.07) is 9.34. The van der Waals surface area contributed by atoms with E-state index in [2.05, 4.69) is 16.9 Å². The molecule has 0 aliphatic carbocycles. The van der Waals surface area contributed by atoms with E-state index in [0.717, 1.165) is 17.7 Å². The SMILES string of the molecule is CCCCCCCCCCCCCCCCOCCCOC(=O)[C@@H](C)N(Oc1ccccc1)[P+](=O)OCC1O[C@@H](n2cc(C#N)c3c(N)ncnc32)[C@H](O)[C@@H]1O. The number of aromatic nitrogens is 3. The molecule has 3 aromatic rings. The van der Waals surface area contributed by atoms with Gasteiger partial charge in [-0.3, -0.25) is 4.79 Å². The number of anilines is 1. The van der Waals surface area contributed by atoms with Crippen molar-refractivity contribution in [2.24, 2.45) is 0 Å². The third-order valence-electron chi connectivity index (χ3n) is 9.81. The number of carbonyl (C=O) groups excluding carboxylic acids is 1. The monoisotopic (exact) mass is 799 g/mol. The average Bonchev–Trinajstić information content (AvgIpc) is 3.73. The molecule has 4 rings (SSSR count). The minimum Gasteiger partial charge on any atom is -0.464 e. The van der Waals surface area contributed by atoms with Crippen molar-refractivity contribution in [2.75, 3.05) is 32.2 Å². The number of ether oxygens (including phenoxy) is 3. The lowest BCUT2D eigenvalue weighted by molar-refractivity contribution is -0.155. The second-order valence-electron chi connectivity index (χ2n) is 14.2. The second kappa shape index (κ2) is 24.8. The Labute approximate surface area is 331 Å². The number of nitrogen functional groups attached to an aromatic ring is 1. The molecule has 0 saturated carbocycles. The van der Waals surface area contributed by atoms with Crippen molar-refractivity contribution in [3.63, 3.8) is 0 Å². The minimum absolute atomic E-state index is 0.0742. The smallest absolute Gasteiger partial charge is 0.464 e. The Balaban J connectivity index is 1.16. The topological polar surface area (TPSA) is 205 Å². The fourth-order valence-electron chi connectivity index (χ4n) is 6.57. The molecule has 1 aliphatic rings. The van der Waals surface area contributed by atoms with Crippen LogP contribution in [0.3, 0.4) is 0 Å². The van der Waals surface area contributed by atoms with Gasteiger partial charge in [0.15, 0.2) is 18.0 Å². The van der Waals surface area contributed by atoms with E-state index < -0.39 is 51.3 Å². The highest BCUT2D eigenvalue weighted by Gasteiger charge is 2.48. The number of hydrogen-bond donors (Lipinski definition) is 3. The molecule has 2 aromatic heterocycles. The molecule has 0 amide bonds. The van der Waals surface area contributed by atoms with Crippen LogP contribution < -0.4 is 10.6 Å². The minimum atomic E-state index is -2.85. The summed E-state index contributed by atoms with van der Waals surface area (Å²) in [5.74, 6) is -0.302. The number of hydrogen-bond acceptors (Lipinski definition) is 13. The zero-order valence-corrected chi connectivity index (χ0v) is 33.8. The Morgan fingerprint density at radius 2 is 1.57 bits per heavy atom. The molecule has 3 heterocycles. The Morgan fingerprint density at radius 3 is 2.21 bits per heavy atom. The summed E-state index contributed by atoms with van der Waals surface area (Å²) in [5, 5.41) is 31.6. The number of aliphatic hydroxyl groups is 2. The van der Waals surface area contributed by atoms with Gasteiger partial charge >= 0.3 is 14.1 Å². The fourth-order valence-corrected chi connectivity index (χ4v) is 7.49. The molecule has 1 aliphatic heterocycles. The van der Waals surface area contributed by atoms with Crippen molar-refractivity contribution in [3.05, 3.63) is 48.4 Å². The molecule has 308 valence electrons. The highest BCUT2D eigenvalue weighted by molar-refractivity contribution is 7.36. The highest BCUT2D eigenvalue weighted by atomic mass is 31.1. The molecular weight excluding hydrogens is 739 g/mol. The Kier molecular flexibility index (Phi) is 19.9. The number of carbonyl (C=O) groups is 1. The lowest BCUT2D eigenvalue weighted by Gasteiger charge is -2.18. The highest BCUT2D eigenvalue weighted by Crippen LogP contribution is 2.38. The molecular formula is C40H60N6O9P+. The predicted octanol–water partition coefficient (Wildman–Crippen LogP) is 7.29. The summed E-state index contributed by atoms with van der Waals surface area (Å²) in [6.45, 7) is 4.52. The summed E-state index contributed by atoms with van der Waals surface area (Å²) in [5.41, 5.74) is 6.35. The summed E-state index contributed by atoms with van der Waals surface area (Å²) in [4.78, 5) is 27.9. The maximum absolute atomic E-state index is 13.5. The van der Waals surface area contributed by atoms with Crippen LogP contribution in [0.2, 0.25) is 0 Å². The number of rotatable bonds is 28. The van der Waals surface area contributed by atoms with Crippen molar-refractivity contribution in [2.45, 2.75) is 141 Å². The summed E-state index contributed by atoms with van der Waals surface area (Å²) < 4.78 is 37.6. The van der Waals surface area contributed by atoms with E-state index in [1.807, 2.05) is 6.07 Å². The van der Waals surface area contributed by atoms with Crippen LogP contribution in [0.5, 0.6) is 5.75 Å². The van der Waals surface area contributed by atoms with Gasteiger partial charge in [0, 0.05) is 25.8 Å². The van der Waals surface area contributed by atoms with E-state index in [0.29, 0.717) is 25.4 Å². The lowest BCUT2D eigenvalue weighted by atomic mass is 10.0. The number of fused-ring (bicyclic) bond motifs is 1. The molecule has 1 fully saturated rings. The zero-order chi connectivity index (χ0) is 40.1. The van der Waals surface area contributed by atoms with E-state index in [1.54, 1.807) is 30.3 Å². The number of para-hydroxylation sites is 1. The molecule has 56 heavy (non-hydrogen) atoms. The number of nitrogens with zero attached hydrogens (tertiary/aromatic N) is 5. The van der Waals surface area contributed by atoms with Gasteiger partial charge in [-0.05, 0) is 30.0 Å². The quantitative estimate of drug-likeness (QED) is 0.0286. The third-order valence-corrected chi connectivity index (χ3v) is 10.9. The Hall–Kier alpha value is -3.74. The van der Waals surface area contributed by atoms with Crippen LogP contribution in [0, 0.1) is 11.3 Å². The number of nitriles is 1. The number of benzene rings is 1. The van der Waals surface area contributed by atoms with E-state index in [-0.39, 0.29) is 29.0 Å². The number of aliphatic hydroxyl groups excluding tert-OH is 2. The normalized spacial score (nSPS) is 19.0. The number of unbranched alkanes of at least 4 members (excludes halogenated alkanes) is 13. The van der Waals surface area contributed by atoms with Gasteiger partial charge in [-0.25, -0.2) is 9.97 Å². The van der Waals surface area contributed by atoms with Gasteiger partial charge in [-0.1, -0.05) is 109 Å². The van der Waals surface area contributed by atoms with Crippen LogP contribution in [0.15, 0.2) is 42.9 Å². The van der Waals surface area contributed by atoms with Gasteiger partial charge in [0.1, 0.15) is 53.6 Å². The lowest BCUT2D eigenvalue weighted by Crippen LogP contribution is -2.39. The summed E-state index contributed by atoms with van der Waals surface area (Å²) in [7, 11) is -2.85. The van der Waals surface area contributed by atoms with Crippen LogP contribution in [0.4, 0.5) is 5.82 Å². The van der Waals surface area contributed by atoms with Crippen LogP contribution in [0.1, 0.15) is 122 Å². The van der Waals surface area contributed by atoms with Crippen molar-refractivity contribution in [3.8, 4) is 11.8 Å². The first-order valence-corrected chi connectivity index (χ1v) is 21.3. The fraction of sp³-hybridized carbons (Fsp3) is 0.650. The molecule has 6 atom stereocenters. The first-order valence-electron chi connectivity index (χ1n) is 20.2. The zero-order valence-electron chi connectivity index (χ0n) is 32.9. The van der Waals surface area contributed by atoms with Crippen LogP contribution >= 0.6 is 8.18 Å². The van der Waals surface area contributed by atoms with Crippen molar-refractivity contribution in [1.82, 2.24) is 19.4 Å². The molecule has 0 spiro atoms. The van der Waals surface area contributed by atoms with Gasteiger partial charge in [0.25, 0.3) is 0 Å². The van der Waals surface area contributed by atoms with Crippen molar-refractivity contribution in [1.29, 1.82) is 5.26 Å². The van der Waals surface area contributed by atoms with E-state index in [9.17, 15) is 24.8 Å². The van der Waals surface area contributed by atoms with Crippen LogP contribution in [0.25, 0.3) is 11.0 Å². The molecule has 15 nitrogen and oxygen atoms in total. The first kappa shape index (κ1) is 45.0. The van der Waals surface area contributed by atoms with E-state index >= 15 is 0 Å². The third kappa shape index (κ3) is 13.7. The maximum Gasteiger partial charge on any atom is 0.653 e. The van der Waals surface area contributed by atoms with Gasteiger partial charge < -0.3 is 39.6 Å². The molecule has 0 radical (unpaired) electrons. The molecule has 16 heteroatoms. The van der Waals surface area contributed by atoms with Gasteiger partial charge in [-0.15, -0.1) is 4.52 Å². The Bertz CT molecular complexity index is 1660. The van der Waals surface area contributed by atoms with Crippen molar-refractivity contribution >= 4 is 31.0 Å². The predicted molar refractivity (Wildman–Crippen MR) is 211 cm³/mol. The van der Waals surface area contributed by atoms with Crippen LogP contribution in [-0.4, -0.2) is 86.3 Å². The molecule has 0 bridgehead atoms. The largest absolute Gasteiger partial charge is 0.653 e. The van der Waals surface area contributed by atoms with E-state index in [4.69, 9.17) is 29.3 Å². The molecule has 1 aromatic carbocycles. The molecule has 2 unspecified atom stereocenters. The molecule has 4 N–H and O–H groups in total. The number of esters is 1. The number of nitrogens with two attached hydrogens (primary N) is 1. The maximum atomic E-state index is 13.5. The first-order chi connectivity index (χ1) is 27.3. The Morgan fingerprint density at radius 1 is 0.946 bits per heavy atom. The summed E-state index contributed by atoms with van der Waals surface area (Å²) in [6.07, 6.45) is 16.1. The average molecular weight is 800 g/mol. The second-order valence-corrected chi connectivity index (χ2v) is 15.3. The van der Waals surface area contributed by atoms with Gasteiger partial charge in [0.05, 0.1) is 17.6 Å². The van der Waals surface area contributed by atoms with E-state index in [1.165, 1.54) is 101 Å². The number of hydroxylamine groups is 1. The van der Waals surface area contributed by atoms with Crippen molar-refractivity contribution < 1.29 is 43.1 Å².